The molecule has 2 saturated heterocycles. The predicted octanol–water partition coefficient (Wildman–Crippen LogP) is 1.63. The van der Waals surface area contributed by atoms with Gasteiger partial charge < -0.3 is 15.1 Å². The molecular formula is C16H29N3O. The maximum Gasteiger partial charge on any atom is 0.243 e. The van der Waals surface area contributed by atoms with Crippen LogP contribution in [-0.4, -0.2) is 61.0 Å². The molecule has 2 fully saturated rings. The van der Waals surface area contributed by atoms with Gasteiger partial charge in [-0.2, -0.15) is 0 Å². The van der Waals surface area contributed by atoms with Crippen molar-refractivity contribution in [2.24, 2.45) is 0 Å². The van der Waals surface area contributed by atoms with Crippen LogP contribution in [0.25, 0.3) is 0 Å². The van der Waals surface area contributed by atoms with Gasteiger partial charge >= 0.3 is 0 Å². The van der Waals surface area contributed by atoms with Crippen molar-refractivity contribution < 1.29 is 4.79 Å². The summed E-state index contributed by atoms with van der Waals surface area (Å²) in [6.45, 7) is 10.4. The van der Waals surface area contributed by atoms with Crippen LogP contribution >= 0.6 is 0 Å². The van der Waals surface area contributed by atoms with E-state index in [2.05, 4.69) is 21.7 Å². The maximum absolute atomic E-state index is 11.0. The van der Waals surface area contributed by atoms with Crippen molar-refractivity contribution >= 4 is 5.91 Å². The number of piperidine rings is 2. The van der Waals surface area contributed by atoms with Crippen molar-refractivity contribution in [2.45, 2.75) is 44.6 Å². The van der Waals surface area contributed by atoms with Gasteiger partial charge in [0.05, 0.1) is 0 Å². The number of nitrogens with zero attached hydrogens (tertiary/aromatic N) is 2. The summed E-state index contributed by atoms with van der Waals surface area (Å²) in [7, 11) is 0. The number of hydrogen-bond acceptors (Lipinski definition) is 3. The molecule has 4 heteroatoms. The molecule has 114 valence electrons. The van der Waals surface area contributed by atoms with Crippen molar-refractivity contribution in [3.8, 4) is 0 Å². The Morgan fingerprint density at radius 2 is 1.85 bits per heavy atom. The second-order valence-electron chi connectivity index (χ2n) is 6.02. The smallest absolute Gasteiger partial charge is 0.243 e. The number of nitrogens with one attached hydrogen (secondary N) is 1. The summed E-state index contributed by atoms with van der Waals surface area (Å²) < 4.78 is 0. The summed E-state index contributed by atoms with van der Waals surface area (Å²) in [5, 5.41) is 2.84. The fraction of sp³-hybridized carbons (Fsp3) is 0.812. The van der Waals surface area contributed by atoms with Crippen LogP contribution in [0.1, 0.15) is 38.5 Å². The molecule has 0 spiro atoms. The van der Waals surface area contributed by atoms with Crippen LogP contribution < -0.4 is 5.32 Å². The highest BCUT2D eigenvalue weighted by molar-refractivity contribution is 5.86. The fourth-order valence-corrected chi connectivity index (χ4v) is 3.38. The lowest BCUT2D eigenvalue weighted by Crippen LogP contribution is -2.47. The topological polar surface area (TPSA) is 35.6 Å². The van der Waals surface area contributed by atoms with Crippen LogP contribution in [0.5, 0.6) is 0 Å². The molecule has 2 heterocycles. The van der Waals surface area contributed by atoms with Crippen LogP contribution in [0.15, 0.2) is 12.7 Å². The van der Waals surface area contributed by atoms with Gasteiger partial charge in [0, 0.05) is 12.6 Å². The minimum atomic E-state index is -0.0613. The van der Waals surface area contributed by atoms with Gasteiger partial charge in [-0.15, -0.1) is 0 Å². The van der Waals surface area contributed by atoms with Gasteiger partial charge in [0.15, 0.2) is 0 Å². The summed E-state index contributed by atoms with van der Waals surface area (Å²) in [5.41, 5.74) is 0. The molecule has 0 aromatic rings. The lowest BCUT2D eigenvalue weighted by molar-refractivity contribution is -0.116. The van der Waals surface area contributed by atoms with Gasteiger partial charge in [-0.25, -0.2) is 0 Å². The number of carbonyl (C=O) groups is 1. The SMILES string of the molecule is C=CC(=O)NCCCN1CCC(N2CCCCC2)CC1. The Morgan fingerprint density at radius 3 is 2.50 bits per heavy atom. The first-order valence-electron chi connectivity index (χ1n) is 8.16. The molecule has 0 bridgehead atoms. The van der Waals surface area contributed by atoms with Gasteiger partial charge in [-0.05, 0) is 70.9 Å². The number of likely N-dealkylation sites (tertiary alicyclic amines) is 2. The zero-order chi connectivity index (χ0) is 14.2. The molecule has 0 unspecified atom stereocenters. The molecule has 0 saturated carbocycles. The van der Waals surface area contributed by atoms with Crippen LogP contribution in [0, 0.1) is 0 Å². The van der Waals surface area contributed by atoms with Crippen LogP contribution in [-0.2, 0) is 4.79 Å². The summed E-state index contributed by atoms with van der Waals surface area (Å²) in [6, 6.07) is 0.826. The third-order valence-electron chi connectivity index (χ3n) is 4.60. The molecule has 0 aliphatic carbocycles. The molecule has 0 radical (unpaired) electrons. The van der Waals surface area contributed by atoms with Crippen molar-refractivity contribution in [3.05, 3.63) is 12.7 Å². The minimum absolute atomic E-state index is 0.0613. The van der Waals surface area contributed by atoms with E-state index in [-0.39, 0.29) is 5.91 Å². The first-order valence-corrected chi connectivity index (χ1v) is 8.16. The largest absolute Gasteiger partial charge is 0.353 e. The molecule has 1 amide bonds. The standard InChI is InChI=1S/C16H29N3O/c1-2-16(20)17-9-6-10-18-13-7-15(8-14-18)19-11-4-3-5-12-19/h2,15H,1,3-14H2,(H,17,20). The summed E-state index contributed by atoms with van der Waals surface area (Å²) in [5.74, 6) is -0.0613. The molecule has 0 aromatic heterocycles. The number of amides is 1. The predicted molar refractivity (Wildman–Crippen MR) is 82.7 cm³/mol. The van der Waals surface area contributed by atoms with E-state index in [1.54, 1.807) is 0 Å². The molecule has 1 N–H and O–H groups in total. The normalized spacial score (nSPS) is 22.6. The molecule has 2 aliphatic rings. The molecule has 2 rings (SSSR count). The lowest BCUT2D eigenvalue weighted by Gasteiger charge is -2.40. The van der Waals surface area contributed by atoms with Crippen molar-refractivity contribution in [3.63, 3.8) is 0 Å². The Hall–Kier alpha value is -0.870. The fourth-order valence-electron chi connectivity index (χ4n) is 3.38. The van der Waals surface area contributed by atoms with Gasteiger partial charge in [-0.3, -0.25) is 4.79 Å². The Bertz CT molecular complexity index is 305. The molecule has 0 atom stereocenters. The zero-order valence-corrected chi connectivity index (χ0v) is 12.6. The average molecular weight is 279 g/mol. The number of carbonyl (C=O) groups excluding carboxylic acids is 1. The molecule has 2 aliphatic heterocycles. The Labute approximate surface area is 123 Å². The average Bonchev–Trinajstić information content (AvgIpc) is 2.52. The zero-order valence-electron chi connectivity index (χ0n) is 12.6. The highest BCUT2D eigenvalue weighted by atomic mass is 16.1. The van der Waals surface area contributed by atoms with Crippen LogP contribution in [0.3, 0.4) is 0 Å². The molecule has 0 aromatic carbocycles. The molecule has 4 nitrogen and oxygen atoms in total. The second kappa shape index (κ2) is 8.42. The maximum atomic E-state index is 11.0. The van der Waals surface area contributed by atoms with Crippen molar-refractivity contribution in [2.75, 3.05) is 39.3 Å². The Morgan fingerprint density at radius 1 is 1.15 bits per heavy atom. The Kier molecular flexibility index (Phi) is 6.54. The highest BCUT2D eigenvalue weighted by Crippen LogP contribution is 2.20. The first kappa shape index (κ1) is 15.5. The third-order valence-corrected chi connectivity index (χ3v) is 4.60. The van der Waals surface area contributed by atoms with E-state index in [1.807, 2.05) is 0 Å². The van der Waals surface area contributed by atoms with E-state index < -0.39 is 0 Å². The van der Waals surface area contributed by atoms with Crippen molar-refractivity contribution in [1.29, 1.82) is 0 Å². The highest BCUT2D eigenvalue weighted by Gasteiger charge is 2.25. The second-order valence-corrected chi connectivity index (χ2v) is 6.02. The van der Waals surface area contributed by atoms with E-state index in [1.165, 1.54) is 64.4 Å². The van der Waals surface area contributed by atoms with Gasteiger partial charge in [-0.1, -0.05) is 13.0 Å². The van der Waals surface area contributed by atoms with E-state index >= 15 is 0 Å². The monoisotopic (exact) mass is 279 g/mol. The molecular weight excluding hydrogens is 250 g/mol. The van der Waals surface area contributed by atoms with E-state index in [0.29, 0.717) is 0 Å². The Balaban J connectivity index is 1.57. The summed E-state index contributed by atoms with van der Waals surface area (Å²) in [4.78, 5) is 16.3. The third kappa shape index (κ3) is 4.91. The van der Waals surface area contributed by atoms with Gasteiger partial charge in [0.2, 0.25) is 5.91 Å². The van der Waals surface area contributed by atoms with E-state index in [4.69, 9.17) is 0 Å². The number of hydrogen-bond donors (Lipinski definition) is 1. The van der Waals surface area contributed by atoms with Gasteiger partial charge in [0.1, 0.15) is 0 Å². The summed E-state index contributed by atoms with van der Waals surface area (Å²) in [6.07, 6.45) is 9.22. The van der Waals surface area contributed by atoms with Crippen LogP contribution in [0.2, 0.25) is 0 Å². The van der Waals surface area contributed by atoms with Crippen LogP contribution in [0.4, 0.5) is 0 Å². The number of rotatable bonds is 6. The summed E-state index contributed by atoms with van der Waals surface area (Å²) >= 11 is 0. The first-order chi connectivity index (χ1) is 9.79. The quantitative estimate of drug-likeness (QED) is 0.593. The molecule has 20 heavy (non-hydrogen) atoms. The van der Waals surface area contributed by atoms with Gasteiger partial charge in [0.25, 0.3) is 0 Å². The lowest BCUT2D eigenvalue weighted by atomic mass is 10.00. The minimum Gasteiger partial charge on any atom is -0.353 e. The van der Waals surface area contributed by atoms with Crippen molar-refractivity contribution in [1.82, 2.24) is 15.1 Å². The van der Waals surface area contributed by atoms with E-state index in [0.717, 1.165) is 25.6 Å². The van der Waals surface area contributed by atoms with E-state index in [9.17, 15) is 4.79 Å².